The monoisotopic (exact) mass is 394 g/mol. The number of carbonyl (C=O) groups is 4. The number of hydroxylamine groups is 2. The first-order chi connectivity index (χ1) is 13.7. The molecule has 29 heavy (non-hydrogen) atoms. The summed E-state index contributed by atoms with van der Waals surface area (Å²) >= 11 is 0. The molecule has 2 aromatic rings. The second-order valence-electron chi connectivity index (χ2n) is 7.66. The van der Waals surface area contributed by atoms with Gasteiger partial charge in [-0.3, -0.25) is 14.4 Å². The van der Waals surface area contributed by atoms with Crippen LogP contribution in [0.1, 0.15) is 58.3 Å². The minimum absolute atomic E-state index is 0.0826. The molecule has 0 saturated carbocycles. The van der Waals surface area contributed by atoms with E-state index in [9.17, 15) is 19.2 Å². The maximum Gasteiger partial charge on any atom is 0.335 e. The fraction of sp³-hybridized carbons (Fsp3) is 0.273. The Balaban J connectivity index is 1.66. The van der Waals surface area contributed by atoms with Crippen LogP contribution in [0.4, 0.5) is 0 Å². The summed E-state index contributed by atoms with van der Waals surface area (Å²) in [6.45, 7) is 5.68. The van der Waals surface area contributed by atoms with Crippen molar-refractivity contribution < 1.29 is 24.0 Å². The minimum Gasteiger partial charge on any atom is -0.333 e. The third-order valence-electron chi connectivity index (χ3n) is 4.57. The molecule has 3 rings (SSSR count). The summed E-state index contributed by atoms with van der Waals surface area (Å²) in [6.07, 6.45) is -0.163. The minimum atomic E-state index is -0.769. The molecule has 0 unspecified atom stereocenters. The van der Waals surface area contributed by atoms with Crippen LogP contribution < -0.4 is 0 Å². The average molecular weight is 394 g/mol. The second-order valence-corrected chi connectivity index (χ2v) is 7.66. The van der Waals surface area contributed by atoms with E-state index in [0.29, 0.717) is 10.6 Å². The van der Waals surface area contributed by atoms with E-state index >= 15 is 0 Å². The van der Waals surface area contributed by atoms with Crippen LogP contribution in [-0.4, -0.2) is 45.7 Å². The van der Waals surface area contributed by atoms with Gasteiger partial charge in [0, 0.05) is 17.6 Å². The Kier molecular flexibility index (Phi) is 5.50. The zero-order valence-electron chi connectivity index (χ0n) is 16.5. The van der Waals surface area contributed by atoms with Gasteiger partial charge in [0.25, 0.3) is 17.7 Å². The van der Waals surface area contributed by atoms with Crippen molar-refractivity contribution >= 4 is 23.7 Å². The molecule has 0 atom stereocenters. The molecule has 0 saturated heterocycles. The molecule has 1 aliphatic rings. The van der Waals surface area contributed by atoms with Gasteiger partial charge in [-0.15, -0.1) is 0 Å². The van der Waals surface area contributed by atoms with Gasteiger partial charge in [0.1, 0.15) is 0 Å². The summed E-state index contributed by atoms with van der Waals surface area (Å²) in [4.78, 5) is 56.4. The van der Waals surface area contributed by atoms with Crippen molar-refractivity contribution in [2.24, 2.45) is 0 Å². The molecule has 1 heterocycles. The van der Waals surface area contributed by atoms with Crippen molar-refractivity contribution in [3.05, 3.63) is 71.3 Å². The average Bonchev–Trinajstić information content (AvgIpc) is 2.93. The lowest BCUT2D eigenvalue weighted by atomic mass is 10.0. The molecule has 0 bridgehead atoms. The van der Waals surface area contributed by atoms with Gasteiger partial charge in [0.05, 0.1) is 17.5 Å². The fourth-order valence-corrected chi connectivity index (χ4v) is 3.08. The van der Waals surface area contributed by atoms with Crippen molar-refractivity contribution in [2.75, 3.05) is 6.54 Å². The highest BCUT2D eigenvalue weighted by Gasteiger charge is 2.38. The number of benzene rings is 2. The van der Waals surface area contributed by atoms with Crippen LogP contribution in [0.3, 0.4) is 0 Å². The molecule has 0 fully saturated rings. The number of fused-ring (bicyclic) bond motifs is 1. The lowest BCUT2D eigenvalue weighted by molar-refractivity contribution is -0.168. The van der Waals surface area contributed by atoms with Crippen LogP contribution in [0.15, 0.2) is 54.6 Å². The Hall–Kier alpha value is -3.48. The molecule has 7 nitrogen and oxygen atoms in total. The number of nitrogens with zero attached hydrogens (tertiary/aromatic N) is 2. The van der Waals surface area contributed by atoms with Crippen LogP contribution in [0.2, 0.25) is 0 Å². The first-order valence-corrected chi connectivity index (χ1v) is 9.26. The van der Waals surface area contributed by atoms with Crippen LogP contribution in [-0.2, 0) is 9.63 Å². The van der Waals surface area contributed by atoms with Crippen molar-refractivity contribution in [1.82, 2.24) is 9.96 Å². The highest BCUT2D eigenvalue weighted by Crippen LogP contribution is 2.23. The molecule has 0 aliphatic carbocycles. The molecular formula is C22H22N2O5. The lowest BCUT2D eigenvalue weighted by Crippen LogP contribution is -2.47. The number of rotatable bonds is 5. The molecule has 0 radical (unpaired) electrons. The quantitative estimate of drug-likeness (QED) is 0.728. The Bertz CT molecular complexity index is 928. The standard InChI is InChI=1S/C22H22N2O5/c1-22(2,3)23(19(26)15-9-5-4-6-10-15)14-13-18(25)29-24-20(27)16-11-7-8-12-17(16)21(24)28/h4-12H,13-14H2,1-3H3. The van der Waals surface area contributed by atoms with Gasteiger partial charge in [-0.25, -0.2) is 4.79 Å². The van der Waals surface area contributed by atoms with E-state index in [4.69, 9.17) is 4.84 Å². The molecule has 7 heteroatoms. The molecule has 0 N–H and O–H groups in total. The van der Waals surface area contributed by atoms with Gasteiger partial charge in [-0.05, 0) is 45.0 Å². The van der Waals surface area contributed by atoms with Crippen LogP contribution in [0.5, 0.6) is 0 Å². The van der Waals surface area contributed by atoms with E-state index in [1.807, 2.05) is 26.8 Å². The molecular weight excluding hydrogens is 372 g/mol. The highest BCUT2D eigenvalue weighted by atomic mass is 16.7. The van der Waals surface area contributed by atoms with Crippen LogP contribution >= 0.6 is 0 Å². The smallest absolute Gasteiger partial charge is 0.333 e. The summed E-state index contributed by atoms with van der Waals surface area (Å²) in [7, 11) is 0. The molecule has 2 aromatic carbocycles. The predicted molar refractivity (Wildman–Crippen MR) is 105 cm³/mol. The summed E-state index contributed by atoms with van der Waals surface area (Å²) in [5.74, 6) is -2.33. The largest absolute Gasteiger partial charge is 0.335 e. The Morgan fingerprint density at radius 2 is 1.41 bits per heavy atom. The summed E-state index contributed by atoms with van der Waals surface area (Å²) < 4.78 is 0. The summed E-state index contributed by atoms with van der Waals surface area (Å²) in [6, 6.07) is 15.0. The van der Waals surface area contributed by atoms with Crippen molar-refractivity contribution in [1.29, 1.82) is 0 Å². The molecule has 3 amide bonds. The van der Waals surface area contributed by atoms with Gasteiger partial charge in [-0.2, -0.15) is 0 Å². The van der Waals surface area contributed by atoms with Gasteiger partial charge in [-0.1, -0.05) is 35.4 Å². The maximum atomic E-state index is 12.9. The predicted octanol–water partition coefficient (Wildman–Crippen LogP) is 3.07. The SMILES string of the molecule is CC(C)(C)N(CCC(=O)ON1C(=O)c2ccccc2C1=O)C(=O)c1ccccc1. The fourth-order valence-electron chi connectivity index (χ4n) is 3.08. The van der Waals surface area contributed by atoms with E-state index in [2.05, 4.69) is 0 Å². The number of hydrogen-bond acceptors (Lipinski definition) is 5. The van der Waals surface area contributed by atoms with Gasteiger partial charge in [0.2, 0.25) is 0 Å². The van der Waals surface area contributed by atoms with Crippen molar-refractivity contribution in [2.45, 2.75) is 32.7 Å². The zero-order chi connectivity index (χ0) is 21.2. The Labute approximate surface area is 168 Å². The summed E-state index contributed by atoms with van der Waals surface area (Å²) in [5, 5.41) is 0.480. The Morgan fingerprint density at radius 1 is 0.897 bits per heavy atom. The van der Waals surface area contributed by atoms with Crippen molar-refractivity contribution in [3.8, 4) is 0 Å². The first-order valence-electron chi connectivity index (χ1n) is 9.26. The van der Waals surface area contributed by atoms with Crippen LogP contribution in [0.25, 0.3) is 0 Å². The Morgan fingerprint density at radius 3 is 1.93 bits per heavy atom. The maximum absolute atomic E-state index is 12.9. The highest BCUT2D eigenvalue weighted by molar-refractivity contribution is 6.20. The molecule has 0 aromatic heterocycles. The van der Waals surface area contributed by atoms with E-state index < -0.39 is 23.3 Å². The second kappa shape index (κ2) is 7.87. The van der Waals surface area contributed by atoms with E-state index in [0.717, 1.165) is 0 Å². The number of amides is 3. The lowest BCUT2D eigenvalue weighted by Gasteiger charge is -2.35. The molecule has 0 spiro atoms. The topological polar surface area (TPSA) is 84.0 Å². The van der Waals surface area contributed by atoms with E-state index in [1.54, 1.807) is 41.3 Å². The third-order valence-corrected chi connectivity index (χ3v) is 4.57. The van der Waals surface area contributed by atoms with Crippen molar-refractivity contribution in [3.63, 3.8) is 0 Å². The van der Waals surface area contributed by atoms with Gasteiger partial charge in [0.15, 0.2) is 0 Å². The first kappa shape index (κ1) is 20.3. The van der Waals surface area contributed by atoms with E-state index in [-0.39, 0.29) is 30.0 Å². The third kappa shape index (κ3) is 4.18. The van der Waals surface area contributed by atoms with Gasteiger partial charge < -0.3 is 9.74 Å². The summed E-state index contributed by atoms with van der Waals surface area (Å²) in [5.41, 5.74) is 0.362. The molecule has 1 aliphatic heterocycles. The number of imide groups is 1. The zero-order valence-corrected chi connectivity index (χ0v) is 16.5. The van der Waals surface area contributed by atoms with Crippen LogP contribution in [0, 0.1) is 0 Å². The number of hydrogen-bond donors (Lipinski definition) is 0. The number of carbonyl (C=O) groups excluding carboxylic acids is 4. The van der Waals surface area contributed by atoms with Gasteiger partial charge >= 0.3 is 5.97 Å². The van der Waals surface area contributed by atoms with E-state index in [1.165, 1.54) is 12.1 Å². The molecule has 150 valence electrons. The normalized spacial score (nSPS) is 13.3.